The molecule has 0 fully saturated rings. The molecule has 3 nitrogen and oxygen atoms in total. The zero-order valence-corrected chi connectivity index (χ0v) is 7.80. The van der Waals surface area contributed by atoms with Gasteiger partial charge in [0.1, 0.15) is 0 Å². The Morgan fingerprint density at radius 3 is 2.46 bits per heavy atom. The van der Waals surface area contributed by atoms with E-state index in [9.17, 15) is 0 Å². The van der Waals surface area contributed by atoms with E-state index in [0.717, 1.165) is 6.42 Å². The molecule has 0 bridgehead atoms. The van der Waals surface area contributed by atoms with Crippen molar-refractivity contribution in [2.75, 3.05) is 18.9 Å². The van der Waals surface area contributed by atoms with E-state index in [2.05, 4.69) is 0 Å². The summed E-state index contributed by atoms with van der Waals surface area (Å²) < 4.78 is 10.8. The van der Waals surface area contributed by atoms with Gasteiger partial charge in [-0.05, 0) is 0 Å². The molecule has 1 aromatic rings. The fourth-order valence-corrected chi connectivity index (χ4v) is 1.35. The molecule has 2 rings (SSSR count). The van der Waals surface area contributed by atoms with Crippen molar-refractivity contribution >= 4 is 17.3 Å². The van der Waals surface area contributed by atoms with Gasteiger partial charge in [-0.3, -0.25) is 0 Å². The number of hydrogen-bond acceptors (Lipinski definition) is 3. The second kappa shape index (κ2) is 3.34. The Hall–Kier alpha value is -1.09. The van der Waals surface area contributed by atoms with Gasteiger partial charge in [0, 0.05) is 18.6 Å². The molecule has 0 unspecified atom stereocenters. The van der Waals surface area contributed by atoms with Gasteiger partial charge in [0.15, 0.2) is 11.5 Å². The van der Waals surface area contributed by atoms with Crippen LogP contribution < -0.4 is 15.2 Å². The first-order chi connectivity index (χ1) is 6.27. The van der Waals surface area contributed by atoms with Gasteiger partial charge in [-0.1, -0.05) is 11.6 Å². The quantitative estimate of drug-likeness (QED) is 0.651. The molecule has 0 spiro atoms. The smallest absolute Gasteiger partial charge is 0.163 e. The third-order valence-electron chi connectivity index (χ3n) is 1.87. The summed E-state index contributed by atoms with van der Waals surface area (Å²) in [7, 11) is 0. The predicted molar refractivity (Wildman–Crippen MR) is 51.5 cm³/mol. The minimum atomic E-state index is 0.504. The lowest BCUT2D eigenvalue weighted by molar-refractivity contribution is 0.297. The number of ether oxygens (including phenoxy) is 2. The number of fused-ring (bicyclic) bond motifs is 1. The zero-order valence-electron chi connectivity index (χ0n) is 7.05. The van der Waals surface area contributed by atoms with Crippen molar-refractivity contribution in [3.8, 4) is 11.5 Å². The largest absolute Gasteiger partial charge is 0.490 e. The van der Waals surface area contributed by atoms with Crippen molar-refractivity contribution < 1.29 is 9.47 Å². The highest BCUT2D eigenvalue weighted by Crippen LogP contribution is 2.35. The Kier molecular flexibility index (Phi) is 2.19. The van der Waals surface area contributed by atoms with Crippen molar-refractivity contribution in [3.63, 3.8) is 0 Å². The number of halogens is 1. The zero-order chi connectivity index (χ0) is 9.26. The molecule has 0 saturated heterocycles. The SMILES string of the molecule is Nc1cc2c(cc1Cl)OCCCO2. The maximum atomic E-state index is 5.84. The molecule has 0 aliphatic carbocycles. The molecule has 13 heavy (non-hydrogen) atoms. The molecule has 0 amide bonds. The summed E-state index contributed by atoms with van der Waals surface area (Å²) in [5.74, 6) is 1.36. The monoisotopic (exact) mass is 199 g/mol. The summed E-state index contributed by atoms with van der Waals surface area (Å²) in [4.78, 5) is 0. The van der Waals surface area contributed by atoms with Crippen molar-refractivity contribution in [2.24, 2.45) is 0 Å². The number of nitrogens with two attached hydrogens (primary N) is 1. The lowest BCUT2D eigenvalue weighted by Gasteiger charge is -2.08. The summed E-state index contributed by atoms with van der Waals surface area (Å²) in [5, 5.41) is 0.504. The van der Waals surface area contributed by atoms with Crippen molar-refractivity contribution in [3.05, 3.63) is 17.2 Å². The molecule has 1 aromatic carbocycles. The maximum absolute atomic E-state index is 5.84. The standard InChI is InChI=1S/C9H10ClNO2/c10-6-4-8-9(5-7(6)11)13-3-1-2-12-8/h4-5H,1-3,11H2. The van der Waals surface area contributed by atoms with E-state index in [0.29, 0.717) is 35.4 Å². The number of hydrogen-bond donors (Lipinski definition) is 1. The highest BCUT2D eigenvalue weighted by Gasteiger charge is 2.12. The van der Waals surface area contributed by atoms with Gasteiger partial charge in [-0.15, -0.1) is 0 Å². The molecular formula is C9H10ClNO2. The van der Waals surface area contributed by atoms with Gasteiger partial charge in [-0.25, -0.2) is 0 Å². The Labute approximate surface area is 81.4 Å². The normalized spacial score (nSPS) is 15.2. The van der Waals surface area contributed by atoms with Crippen LogP contribution in [0.4, 0.5) is 5.69 Å². The molecule has 2 N–H and O–H groups in total. The fraction of sp³-hybridized carbons (Fsp3) is 0.333. The van der Waals surface area contributed by atoms with E-state index in [1.165, 1.54) is 0 Å². The Bertz CT molecular complexity index is 297. The maximum Gasteiger partial charge on any atom is 0.163 e. The summed E-state index contributed by atoms with van der Waals surface area (Å²) >= 11 is 5.84. The van der Waals surface area contributed by atoms with E-state index in [1.807, 2.05) is 0 Å². The molecule has 1 heterocycles. The minimum absolute atomic E-state index is 0.504. The topological polar surface area (TPSA) is 44.5 Å². The third-order valence-corrected chi connectivity index (χ3v) is 2.19. The van der Waals surface area contributed by atoms with Gasteiger partial charge in [0.2, 0.25) is 0 Å². The summed E-state index contributed by atoms with van der Waals surface area (Å²) in [6, 6.07) is 3.39. The van der Waals surface area contributed by atoms with Crippen LogP contribution in [0.5, 0.6) is 11.5 Å². The first-order valence-corrected chi connectivity index (χ1v) is 4.50. The molecule has 4 heteroatoms. The van der Waals surface area contributed by atoms with Crippen LogP contribution in [0.2, 0.25) is 5.02 Å². The minimum Gasteiger partial charge on any atom is -0.490 e. The van der Waals surface area contributed by atoms with E-state index in [1.54, 1.807) is 12.1 Å². The highest BCUT2D eigenvalue weighted by atomic mass is 35.5. The first kappa shape index (κ1) is 8.51. The van der Waals surface area contributed by atoms with E-state index in [4.69, 9.17) is 26.8 Å². The Balaban J connectivity index is 2.43. The van der Waals surface area contributed by atoms with Crippen LogP contribution in [0.3, 0.4) is 0 Å². The van der Waals surface area contributed by atoms with E-state index >= 15 is 0 Å². The Morgan fingerprint density at radius 2 is 1.77 bits per heavy atom. The predicted octanol–water partition coefficient (Wildman–Crippen LogP) is 2.08. The van der Waals surface area contributed by atoms with E-state index in [-0.39, 0.29) is 0 Å². The highest BCUT2D eigenvalue weighted by molar-refractivity contribution is 6.33. The first-order valence-electron chi connectivity index (χ1n) is 4.12. The van der Waals surface area contributed by atoms with Crippen molar-refractivity contribution in [1.82, 2.24) is 0 Å². The molecular weight excluding hydrogens is 190 g/mol. The average molecular weight is 200 g/mol. The Morgan fingerprint density at radius 1 is 1.15 bits per heavy atom. The van der Waals surface area contributed by atoms with Gasteiger partial charge >= 0.3 is 0 Å². The van der Waals surface area contributed by atoms with Crippen molar-refractivity contribution in [2.45, 2.75) is 6.42 Å². The molecule has 0 saturated carbocycles. The summed E-state index contributed by atoms with van der Waals surface area (Å²) in [6.07, 6.45) is 0.881. The lowest BCUT2D eigenvalue weighted by Crippen LogP contribution is -1.97. The molecule has 70 valence electrons. The molecule has 1 aliphatic rings. The van der Waals surface area contributed by atoms with Gasteiger partial charge < -0.3 is 15.2 Å². The second-order valence-electron chi connectivity index (χ2n) is 2.87. The number of nitrogen functional groups attached to an aromatic ring is 1. The van der Waals surface area contributed by atoms with Crippen LogP contribution >= 0.6 is 11.6 Å². The number of benzene rings is 1. The van der Waals surface area contributed by atoms with E-state index < -0.39 is 0 Å². The van der Waals surface area contributed by atoms with Crippen LogP contribution in [-0.4, -0.2) is 13.2 Å². The molecule has 0 aromatic heterocycles. The molecule has 0 atom stereocenters. The van der Waals surface area contributed by atoms with Crippen LogP contribution in [0.1, 0.15) is 6.42 Å². The molecule has 1 aliphatic heterocycles. The number of rotatable bonds is 0. The molecule has 0 radical (unpaired) electrons. The number of anilines is 1. The van der Waals surface area contributed by atoms with Crippen LogP contribution in [-0.2, 0) is 0 Å². The third kappa shape index (κ3) is 1.65. The van der Waals surface area contributed by atoms with Crippen LogP contribution in [0, 0.1) is 0 Å². The van der Waals surface area contributed by atoms with Gasteiger partial charge in [0.05, 0.1) is 23.9 Å². The summed E-state index contributed by atoms with van der Waals surface area (Å²) in [6.45, 7) is 1.32. The van der Waals surface area contributed by atoms with Crippen molar-refractivity contribution in [1.29, 1.82) is 0 Å². The van der Waals surface area contributed by atoms with Gasteiger partial charge in [0.25, 0.3) is 0 Å². The van der Waals surface area contributed by atoms with Gasteiger partial charge in [-0.2, -0.15) is 0 Å². The summed E-state index contributed by atoms with van der Waals surface area (Å²) in [5.41, 5.74) is 6.15. The van der Waals surface area contributed by atoms with Crippen LogP contribution in [0.15, 0.2) is 12.1 Å². The fourth-order valence-electron chi connectivity index (χ4n) is 1.20. The van der Waals surface area contributed by atoms with Crippen LogP contribution in [0.25, 0.3) is 0 Å². The second-order valence-corrected chi connectivity index (χ2v) is 3.28. The average Bonchev–Trinajstić information content (AvgIpc) is 2.31. The lowest BCUT2D eigenvalue weighted by atomic mass is 10.3.